The molecular formula is C17H21F2N7O2. The molecule has 150 valence electrons. The highest BCUT2D eigenvalue weighted by atomic mass is 19.3. The van der Waals surface area contributed by atoms with Crippen LogP contribution in [-0.4, -0.2) is 46.0 Å². The first-order chi connectivity index (χ1) is 13.3. The zero-order valence-electron chi connectivity index (χ0n) is 15.2. The second-order valence-electron chi connectivity index (χ2n) is 6.46. The fourth-order valence-electron chi connectivity index (χ4n) is 3.01. The largest absolute Gasteiger partial charge is 0.481 e. The Morgan fingerprint density at radius 2 is 2.18 bits per heavy atom. The molecular weight excluding hydrogens is 372 g/mol. The first kappa shape index (κ1) is 19.7. The van der Waals surface area contributed by atoms with Gasteiger partial charge < -0.3 is 26.8 Å². The minimum absolute atomic E-state index is 0.0712. The summed E-state index contributed by atoms with van der Waals surface area (Å²) in [7, 11) is 1.47. The molecule has 0 spiro atoms. The van der Waals surface area contributed by atoms with Crippen molar-refractivity contribution in [3.05, 3.63) is 30.2 Å². The third-order valence-corrected chi connectivity index (χ3v) is 4.49. The number of halogens is 2. The SMILES string of the molecule is COc1cc(Nc2nc(NC3CCCC(F)(F)C3N)cnc2C(N)=O)ccn1. The minimum atomic E-state index is -2.95. The average Bonchev–Trinajstić information content (AvgIpc) is 2.65. The highest BCUT2D eigenvalue weighted by molar-refractivity contribution is 5.96. The second-order valence-corrected chi connectivity index (χ2v) is 6.46. The lowest BCUT2D eigenvalue weighted by Crippen LogP contribution is -2.55. The molecule has 1 saturated carbocycles. The fourth-order valence-corrected chi connectivity index (χ4v) is 3.01. The second kappa shape index (κ2) is 7.89. The van der Waals surface area contributed by atoms with Gasteiger partial charge in [0.15, 0.2) is 11.5 Å². The summed E-state index contributed by atoms with van der Waals surface area (Å²) < 4.78 is 32.8. The maximum atomic E-state index is 13.9. The van der Waals surface area contributed by atoms with Crippen LogP contribution in [0.2, 0.25) is 0 Å². The smallest absolute Gasteiger partial charge is 0.271 e. The first-order valence-electron chi connectivity index (χ1n) is 8.64. The van der Waals surface area contributed by atoms with Crippen molar-refractivity contribution in [2.75, 3.05) is 17.7 Å². The Bertz CT molecular complexity index is 865. The molecule has 2 unspecified atom stereocenters. The van der Waals surface area contributed by atoms with Crippen molar-refractivity contribution in [2.24, 2.45) is 11.5 Å². The lowest BCUT2D eigenvalue weighted by Gasteiger charge is -2.36. The number of rotatable bonds is 6. The molecule has 0 bridgehead atoms. The Hall–Kier alpha value is -3.08. The molecule has 1 fully saturated rings. The van der Waals surface area contributed by atoms with Gasteiger partial charge in [0.05, 0.1) is 19.3 Å². The molecule has 0 radical (unpaired) electrons. The van der Waals surface area contributed by atoms with Gasteiger partial charge in [-0.2, -0.15) is 0 Å². The quantitative estimate of drug-likeness (QED) is 0.580. The highest BCUT2D eigenvalue weighted by Crippen LogP contribution is 2.33. The van der Waals surface area contributed by atoms with Crippen LogP contribution >= 0.6 is 0 Å². The summed E-state index contributed by atoms with van der Waals surface area (Å²) in [5.41, 5.74) is 11.5. The van der Waals surface area contributed by atoms with Crippen molar-refractivity contribution < 1.29 is 18.3 Å². The van der Waals surface area contributed by atoms with Crippen LogP contribution in [-0.2, 0) is 0 Å². The van der Waals surface area contributed by atoms with E-state index in [9.17, 15) is 13.6 Å². The van der Waals surface area contributed by atoms with Crippen molar-refractivity contribution in [2.45, 2.75) is 37.3 Å². The summed E-state index contributed by atoms with van der Waals surface area (Å²) in [6, 6.07) is 1.20. The van der Waals surface area contributed by atoms with Crippen LogP contribution in [0.25, 0.3) is 0 Å². The highest BCUT2D eigenvalue weighted by Gasteiger charge is 2.44. The molecule has 9 nitrogen and oxygen atoms in total. The van der Waals surface area contributed by atoms with E-state index in [-0.39, 0.29) is 23.8 Å². The number of ether oxygens (including phenoxy) is 1. The monoisotopic (exact) mass is 393 g/mol. The third-order valence-electron chi connectivity index (χ3n) is 4.49. The van der Waals surface area contributed by atoms with E-state index in [4.69, 9.17) is 16.2 Å². The molecule has 0 saturated heterocycles. The topological polar surface area (TPSA) is 141 Å². The Morgan fingerprint density at radius 3 is 2.89 bits per heavy atom. The lowest BCUT2D eigenvalue weighted by atomic mass is 9.87. The summed E-state index contributed by atoms with van der Waals surface area (Å²) in [6.07, 6.45) is 3.34. The van der Waals surface area contributed by atoms with E-state index in [1.165, 1.54) is 19.5 Å². The molecule has 1 aliphatic rings. The van der Waals surface area contributed by atoms with Gasteiger partial charge >= 0.3 is 0 Å². The van der Waals surface area contributed by atoms with E-state index < -0.39 is 23.9 Å². The molecule has 11 heteroatoms. The molecule has 2 heterocycles. The van der Waals surface area contributed by atoms with Gasteiger partial charge in [-0.25, -0.2) is 23.7 Å². The standard InChI is InChI=1S/C17H21F2N7O2/c1-28-12-7-9(4-6-22-12)24-16-13(15(21)27)23-8-11(26-16)25-10-3-2-5-17(18,19)14(10)20/h4,6-8,10,14H,2-3,5,20H2,1H3,(H2,21,27)(H2,22,24,25,26). The number of anilines is 3. The Balaban J connectivity index is 1.86. The van der Waals surface area contributed by atoms with E-state index in [0.717, 1.165) is 0 Å². The summed E-state index contributed by atoms with van der Waals surface area (Å²) >= 11 is 0. The van der Waals surface area contributed by atoms with Crippen LogP contribution in [0.5, 0.6) is 5.88 Å². The Kier molecular flexibility index (Phi) is 5.54. The molecule has 0 aliphatic heterocycles. The molecule has 1 aliphatic carbocycles. The van der Waals surface area contributed by atoms with Gasteiger partial charge in [0.1, 0.15) is 5.82 Å². The van der Waals surface area contributed by atoms with Gasteiger partial charge in [0, 0.05) is 30.4 Å². The number of carbonyl (C=O) groups excluding carboxylic acids is 1. The van der Waals surface area contributed by atoms with Crippen molar-refractivity contribution in [1.29, 1.82) is 0 Å². The lowest BCUT2D eigenvalue weighted by molar-refractivity contribution is -0.0554. The number of amides is 1. The number of primary amides is 1. The van der Waals surface area contributed by atoms with Crippen LogP contribution in [0.1, 0.15) is 29.8 Å². The molecule has 6 N–H and O–H groups in total. The number of pyridine rings is 1. The maximum Gasteiger partial charge on any atom is 0.271 e. The molecule has 3 rings (SSSR count). The van der Waals surface area contributed by atoms with Crippen LogP contribution in [0.4, 0.5) is 26.1 Å². The zero-order valence-corrected chi connectivity index (χ0v) is 15.2. The van der Waals surface area contributed by atoms with Crippen molar-refractivity contribution in [3.63, 3.8) is 0 Å². The molecule has 2 atom stereocenters. The summed E-state index contributed by atoms with van der Waals surface area (Å²) in [6.45, 7) is 0. The van der Waals surface area contributed by atoms with Crippen molar-refractivity contribution in [1.82, 2.24) is 15.0 Å². The summed E-state index contributed by atoms with van der Waals surface area (Å²) in [5, 5.41) is 5.81. The number of nitrogens with two attached hydrogens (primary N) is 2. The van der Waals surface area contributed by atoms with E-state index >= 15 is 0 Å². The number of hydrogen-bond donors (Lipinski definition) is 4. The van der Waals surface area contributed by atoms with Gasteiger partial charge in [0.2, 0.25) is 5.88 Å². The van der Waals surface area contributed by atoms with Crippen LogP contribution in [0.15, 0.2) is 24.5 Å². The minimum Gasteiger partial charge on any atom is -0.481 e. The van der Waals surface area contributed by atoms with E-state index in [1.807, 2.05) is 0 Å². The van der Waals surface area contributed by atoms with Gasteiger partial charge in [-0.3, -0.25) is 4.79 Å². The Morgan fingerprint density at radius 1 is 1.39 bits per heavy atom. The predicted octanol–water partition coefficient (Wildman–Crippen LogP) is 1.65. The van der Waals surface area contributed by atoms with Crippen LogP contribution in [0, 0.1) is 0 Å². The predicted molar refractivity (Wildman–Crippen MR) is 98.8 cm³/mol. The summed E-state index contributed by atoms with van der Waals surface area (Å²) in [5.74, 6) is -3.12. The Labute approximate surface area is 159 Å². The normalized spacial score (nSPS) is 21.0. The fraction of sp³-hybridized carbons (Fsp3) is 0.412. The van der Waals surface area contributed by atoms with E-state index in [0.29, 0.717) is 24.4 Å². The van der Waals surface area contributed by atoms with Gasteiger partial charge in [0.25, 0.3) is 11.8 Å². The van der Waals surface area contributed by atoms with Crippen LogP contribution in [0.3, 0.4) is 0 Å². The van der Waals surface area contributed by atoms with Gasteiger partial charge in [-0.1, -0.05) is 0 Å². The molecule has 2 aromatic rings. The zero-order chi connectivity index (χ0) is 20.3. The molecule has 0 aromatic carbocycles. The van der Waals surface area contributed by atoms with Gasteiger partial charge in [-0.15, -0.1) is 0 Å². The number of methoxy groups -OCH3 is 1. The van der Waals surface area contributed by atoms with E-state index in [1.54, 1.807) is 12.1 Å². The molecule has 1 amide bonds. The summed E-state index contributed by atoms with van der Waals surface area (Å²) in [4.78, 5) is 23.9. The van der Waals surface area contributed by atoms with E-state index in [2.05, 4.69) is 25.6 Å². The first-order valence-corrected chi connectivity index (χ1v) is 8.64. The third kappa shape index (κ3) is 4.25. The van der Waals surface area contributed by atoms with Crippen LogP contribution < -0.4 is 26.8 Å². The number of nitrogens with zero attached hydrogens (tertiary/aromatic N) is 3. The molecule has 2 aromatic heterocycles. The average molecular weight is 393 g/mol. The maximum absolute atomic E-state index is 13.9. The number of alkyl halides is 2. The van der Waals surface area contributed by atoms with Crippen molar-refractivity contribution in [3.8, 4) is 5.88 Å². The number of nitrogens with one attached hydrogen (secondary N) is 2. The number of hydrogen-bond acceptors (Lipinski definition) is 8. The number of carbonyl (C=O) groups is 1. The number of aromatic nitrogens is 3. The molecule has 28 heavy (non-hydrogen) atoms. The van der Waals surface area contributed by atoms with Crippen molar-refractivity contribution >= 4 is 23.2 Å². The van der Waals surface area contributed by atoms with Gasteiger partial charge in [-0.05, 0) is 18.9 Å².